The van der Waals surface area contributed by atoms with Crippen LogP contribution in [0.1, 0.15) is 30.4 Å². The van der Waals surface area contributed by atoms with Gasteiger partial charge >= 0.3 is 5.97 Å². The molecule has 0 bridgehead atoms. The summed E-state index contributed by atoms with van der Waals surface area (Å²) in [5.41, 5.74) is 1.66. The molecule has 0 aliphatic heterocycles. The summed E-state index contributed by atoms with van der Waals surface area (Å²) in [7, 11) is 0.636. The molecular formula is C23H42O7Si3. The summed E-state index contributed by atoms with van der Waals surface area (Å²) in [4.78, 5) is 11.2. The second kappa shape index (κ2) is 12.7. The third-order valence-electron chi connectivity index (χ3n) is 4.85. The Morgan fingerprint density at radius 3 is 1.97 bits per heavy atom. The Hall–Kier alpha value is -1.60. The van der Waals surface area contributed by atoms with Crippen LogP contribution in [0, 0.1) is 0 Å². The molecule has 10 heteroatoms. The molecule has 0 aliphatic carbocycles. The molecule has 188 valence electrons. The Morgan fingerprint density at radius 2 is 1.55 bits per heavy atom. The molecule has 0 amide bonds. The zero-order valence-corrected chi connectivity index (χ0v) is 25.3. The fourth-order valence-electron chi connectivity index (χ4n) is 3.67. The van der Waals surface area contributed by atoms with E-state index in [9.17, 15) is 4.79 Å². The maximum atomic E-state index is 11.2. The summed E-state index contributed by atoms with van der Waals surface area (Å²) >= 11 is 0. The Bertz CT molecular complexity index is 798. The van der Waals surface area contributed by atoms with Crippen LogP contribution in [-0.4, -0.2) is 64.5 Å². The number of carbonyl (C=O) groups is 1. The molecule has 0 saturated carbocycles. The van der Waals surface area contributed by atoms with Crippen LogP contribution in [0.25, 0.3) is 6.08 Å². The number of carboxylic acids is 1. The van der Waals surface area contributed by atoms with Gasteiger partial charge in [0.15, 0.2) is 28.1 Å². The number of rotatable bonds is 14. The second-order valence-corrected chi connectivity index (χ2v) is 20.9. The first kappa shape index (κ1) is 29.4. The lowest BCUT2D eigenvalue weighted by atomic mass is 9.91. The van der Waals surface area contributed by atoms with Gasteiger partial charge in [-0.3, -0.25) is 0 Å². The van der Waals surface area contributed by atoms with E-state index in [-0.39, 0.29) is 11.8 Å². The molecule has 0 aliphatic rings. The van der Waals surface area contributed by atoms with E-state index >= 15 is 0 Å². The summed E-state index contributed by atoms with van der Waals surface area (Å²) in [6.07, 6.45) is 3.62. The maximum absolute atomic E-state index is 11.2. The van der Waals surface area contributed by atoms with Crippen molar-refractivity contribution in [3.63, 3.8) is 0 Å². The second-order valence-electron chi connectivity index (χ2n) is 10.0. The van der Waals surface area contributed by atoms with Crippen molar-refractivity contribution in [3.8, 4) is 17.2 Å². The molecule has 7 nitrogen and oxygen atoms in total. The van der Waals surface area contributed by atoms with Gasteiger partial charge in [0.05, 0.1) is 30.8 Å². The first-order chi connectivity index (χ1) is 15.2. The minimum absolute atomic E-state index is 0.0609. The molecule has 33 heavy (non-hydrogen) atoms. The average Bonchev–Trinajstić information content (AvgIpc) is 2.67. The van der Waals surface area contributed by atoms with E-state index < -0.39 is 32.1 Å². The maximum Gasteiger partial charge on any atom is 0.328 e. The number of aliphatic carboxylic acids is 1. The van der Waals surface area contributed by atoms with Crippen molar-refractivity contribution < 1.29 is 33.0 Å². The van der Waals surface area contributed by atoms with E-state index in [4.69, 9.17) is 28.2 Å². The summed E-state index contributed by atoms with van der Waals surface area (Å²) in [5.74, 6) is 0.619. The van der Waals surface area contributed by atoms with Gasteiger partial charge in [0.25, 0.3) is 0 Å². The molecule has 1 atom stereocenters. The fraction of sp³-hybridized carbons (Fsp3) is 0.609. The zero-order chi connectivity index (χ0) is 25.4. The van der Waals surface area contributed by atoms with Crippen molar-refractivity contribution in [1.82, 2.24) is 0 Å². The van der Waals surface area contributed by atoms with E-state index in [1.165, 1.54) is 0 Å². The van der Waals surface area contributed by atoms with Gasteiger partial charge in [-0.1, -0.05) is 13.0 Å². The van der Waals surface area contributed by atoms with Crippen LogP contribution in [0.3, 0.4) is 0 Å². The van der Waals surface area contributed by atoms with Gasteiger partial charge in [-0.05, 0) is 69.3 Å². The van der Waals surface area contributed by atoms with Gasteiger partial charge in [0.2, 0.25) is 5.75 Å². The van der Waals surface area contributed by atoms with E-state index in [1.54, 1.807) is 33.5 Å². The van der Waals surface area contributed by atoms with Gasteiger partial charge in [-0.2, -0.15) is 0 Å². The lowest BCUT2D eigenvalue weighted by Crippen LogP contribution is -2.43. The largest absolute Gasteiger partial charge is 0.493 e. The molecule has 1 N–H and O–H groups in total. The quantitative estimate of drug-likeness (QED) is 0.215. The van der Waals surface area contributed by atoms with E-state index in [0.29, 0.717) is 17.2 Å². The van der Waals surface area contributed by atoms with Crippen LogP contribution >= 0.6 is 0 Å². The third kappa shape index (κ3) is 10.0. The standard InChI is InChI=1S/C23H42O7Si3/c1-16(13-14-31-23(29-32(5,6)7)30-33(8,9)10)20-17(11-12-19(24)25)15-18(26-2)21(27-3)22(20)28-4/h11-12,15-16,23H,13-14,31H2,1-10H3,(H,24,25)/b12-11+. The molecule has 1 unspecified atom stereocenters. The van der Waals surface area contributed by atoms with Crippen LogP contribution in [-0.2, 0) is 13.6 Å². The fourth-order valence-corrected chi connectivity index (χ4v) is 10.6. The van der Waals surface area contributed by atoms with E-state index in [0.717, 1.165) is 29.7 Å². The van der Waals surface area contributed by atoms with Crippen molar-refractivity contribution in [1.29, 1.82) is 0 Å². The highest BCUT2D eigenvalue weighted by Crippen LogP contribution is 2.46. The monoisotopic (exact) mass is 514 g/mol. The number of benzene rings is 1. The van der Waals surface area contributed by atoms with Crippen molar-refractivity contribution in [3.05, 3.63) is 23.3 Å². The van der Waals surface area contributed by atoms with Crippen LogP contribution < -0.4 is 14.2 Å². The Balaban J connectivity index is 3.20. The van der Waals surface area contributed by atoms with Gasteiger partial charge in [-0.25, -0.2) is 4.79 Å². The van der Waals surface area contributed by atoms with Crippen molar-refractivity contribution in [2.45, 2.75) is 70.5 Å². The number of ether oxygens (including phenoxy) is 3. The summed E-state index contributed by atoms with van der Waals surface area (Å²) in [6, 6.07) is 2.83. The highest BCUT2D eigenvalue weighted by atomic mass is 28.4. The minimum Gasteiger partial charge on any atom is -0.493 e. The first-order valence-electron chi connectivity index (χ1n) is 11.3. The molecule has 1 rings (SSSR count). The first-order valence-corrected chi connectivity index (χ1v) is 19.9. The Labute approximate surface area is 203 Å². The number of hydrogen-bond donors (Lipinski definition) is 1. The minimum atomic E-state index is -1.71. The highest BCUT2D eigenvalue weighted by Gasteiger charge is 2.28. The molecule has 0 fully saturated rings. The van der Waals surface area contributed by atoms with Crippen LogP contribution in [0.2, 0.25) is 45.3 Å². The zero-order valence-electron chi connectivity index (χ0n) is 21.9. The molecule has 1 aromatic carbocycles. The molecule has 0 saturated heterocycles. The molecule has 0 heterocycles. The van der Waals surface area contributed by atoms with E-state index in [1.807, 2.05) is 0 Å². The Kier molecular flexibility index (Phi) is 11.4. The molecule has 0 aromatic heterocycles. The van der Waals surface area contributed by atoms with Crippen molar-refractivity contribution in [2.24, 2.45) is 0 Å². The summed E-state index contributed by atoms with van der Waals surface area (Å²) in [5, 5.41) is 9.16. The Morgan fingerprint density at radius 1 is 1.00 bits per heavy atom. The smallest absolute Gasteiger partial charge is 0.328 e. The topological polar surface area (TPSA) is 83.5 Å². The lowest BCUT2D eigenvalue weighted by Gasteiger charge is -2.32. The number of carboxylic acid groups (broad SMARTS) is 1. The van der Waals surface area contributed by atoms with Crippen molar-refractivity contribution in [2.75, 3.05) is 21.3 Å². The third-order valence-corrected chi connectivity index (χ3v) is 9.07. The predicted octanol–water partition coefficient (Wildman–Crippen LogP) is 4.88. The summed E-state index contributed by atoms with van der Waals surface area (Å²) in [6.45, 7) is 15.3. The highest BCUT2D eigenvalue weighted by molar-refractivity contribution is 6.71. The normalized spacial score (nSPS) is 13.8. The number of methoxy groups -OCH3 is 3. The molecule has 1 aromatic rings. The van der Waals surface area contributed by atoms with Crippen LogP contribution in [0.15, 0.2) is 12.1 Å². The molecule has 0 spiro atoms. The van der Waals surface area contributed by atoms with Crippen LogP contribution in [0.5, 0.6) is 17.2 Å². The van der Waals surface area contributed by atoms with Crippen LogP contribution in [0.4, 0.5) is 0 Å². The molecule has 0 radical (unpaired) electrons. The summed E-state index contributed by atoms with van der Waals surface area (Å²) < 4.78 is 29.5. The van der Waals surface area contributed by atoms with Gasteiger partial charge < -0.3 is 28.2 Å². The average molecular weight is 515 g/mol. The van der Waals surface area contributed by atoms with Gasteiger partial charge in [0, 0.05) is 11.6 Å². The SMILES string of the molecule is COc1cc(/C=C/C(=O)O)c(C(C)CC[SiH2]C(O[Si](C)(C)C)O[Si](C)(C)C)c(OC)c1OC. The molecular weight excluding hydrogens is 473 g/mol. The lowest BCUT2D eigenvalue weighted by molar-refractivity contribution is -0.131. The van der Waals surface area contributed by atoms with Gasteiger partial charge in [-0.15, -0.1) is 0 Å². The van der Waals surface area contributed by atoms with Crippen molar-refractivity contribution >= 4 is 38.2 Å². The van der Waals surface area contributed by atoms with Gasteiger partial charge in [0.1, 0.15) is 5.91 Å². The predicted molar refractivity (Wildman–Crippen MR) is 142 cm³/mol. The van der Waals surface area contributed by atoms with E-state index in [2.05, 4.69) is 46.2 Å². The number of hydrogen-bond acceptors (Lipinski definition) is 6.